The van der Waals surface area contributed by atoms with Crippen molar-refractivity contribution in [1.82, 2.24) is 9.89 Å². The summed E-state index contributed by atoms with van der Waals surface area (Å²) in [6.45, 7) is 3.68. The van der Waals surface area contributed by atoms with E-state index in [2.05, 4.69) is 31.8 Å². The summed E-state index contributed by atoms with van der Waals surface area (Å²) in [5.41, 5.74) is 4.50. The fraction of sp³-hybridized carbons (Fsp3) is 0.444. The van der Waals surface area contributed by atoms with Crippen LogP contribution in [0.5, 0.6) is 0 Å². The van der Waals surface area contributed by atoms with E-state index < -0.39 is 5.97 Å². The molecule has 0 radical (unpaired) electrons. The van der Waals surface area contributed by atoms with E-state index in [9.17, 15) is 9.59 Å². The van der Waals surface area contributed by atoms with Crippen molar-refractivity contribution in [3.8, 4) is 0 Å². The van der Waals surface area contributed by atoms with Gasteiger partial charge in [-0.05, 0) is 35.0 Å². The van der Waals surface area contributed by atoms with Crippen LogP contribution in [0.3, 0.4) is 0 Å². The number of aliphatic hydroxyl groups is 1. The number of methoxy groups -OCH3 is 2. The van der Waals surface area contributed by atoms with Crippen LogP contribution in [0.4, 0.5) is 5.69 Å². The second kappa shape index (κ2) is 15.2. The lowest BCUT2D eigenvalue weighted by Crippen LogP contribution is -2.19. The number of aldehydes is 1. The summed E-state index contributed by atoms with van der Waals surface area (Å²) in [7, 11) is 3.84. The van der Waals surface area contributed by atoms with Crippen molar-refractivity contribution in [1.29, 1.82) is 0 Å². The van der Waals surface area contributed by atoms with Crippen LogP contribution in [-0.4, -0.2) is 74.4 Å². The number of benzene rings is 1. The van der Waals surface area contributed by atoms with Gasteiger partial charge >= 0.3 is 11.9 Å². The fourth-order valence-electron chi connectivity index (χ4n) is 2.17. The average Bonchev–Trinajstić information content (AvgIpc) is 3.11. The van der Waals surface area contributed by atoms with E-state index in [4.69, 9.17) is 24.1 Å². The summed E-state index contributed by atoms with van der Waals surface area (Å²) in [6, 6.07) is 3.63. The third kappa shape index (κ3) is 7.97. The van der Waals surface area contributed by atoms with Gasteiger partial charge in [-0.1, -0.05) is 0 Å². The number of hydrogen-bond donors (Lipinski definition) is 3. The SMILES string of the molecule is CC=O.CO.COCNn1nc(C(=O)OC)c2c(Br)c(NCCOC(C)=O)ccc21. The molecule has 11 nitrogen and oxygen atoms in total. The largest absolute Gasteiger partial charge is 0.464 e. The summed E-state index contributed by atoms with van der Waals surface area (Å²) in [5.74, 6) is -0.893. The van der Waals surface area contributed by atoms with Gasteiger partial charge in [-0.15, -0.1) is 5.10 Å². The summed E-state index contributed by atoms with van der Waals surface area (Å²) in [4.78, 5) is 33.1. The molecule has 1 aromatic heterocycles. The zero-order chi connectivity index (χ0) is 23.1. The molecule has 0 unspecified atom stereocenters. The highest BCUT2D eigenvalue weighted by atomic mass is 79.9. The van der Waals surface area contributed by atoms with Crippen molar-refractivity contribution in [2.75, 3.05) is 52.0 Å². The molecule has 0 amide bonds. The van der Waals surface area contributed by atoms with E-state index in [0.29, 0.717) is 21.9 Å². The van der Waals surface area contributed by atoms with Crippen molar-refractivity contribution in [3.05, 3.63) is 22.3 Å². The number of esters is 2. The zero-order valence-electron chi connectivity index (χ0n) is 17.5. The van der Waals surface area contributed by atoms with E-state index in [1.165, 1.54) is 25.7 Å². The molecule has 0 aliphatic carbocycles. The first kappa shape index (κ1) is 27.3. The Balaban J connectivity index is 0.00000154. The highest BCUT2D eigenvalue weighted by Crippen LogP contribution is 2.33. The van der Waals surface area contributed by atoms with Crippen molar-refractivity contribution in [2.24, 2.45) is 0 Å². The van der Waals surface area contributed by atoms with Crippen LogP contribution in [0, 0.1) is 0 Å². The van der Waals surface area contributed by atoms with Crippen LogP contribution in [0.1, 0.15) is 24.3 Å². The normalized spacial score (nSPS) is 9.43. The maximum atomic E-state index is 12.1. The van der Waals surface area contributed by atoms with Gasteiger partial charge in [0.1, 0.15) is 19.6 Å². The highest BCUT2D eigenvalue weighted by molar-refractivity contribution is 9.10. The van der Waals surface area contributed by atoms with Crippen molar-refractivity contribution in [2.45, 2.75) is 13.8 Å². The minimum atomic E-state index is -0.555. The molecule has 0 atom stereocenters. The van der Waals surface area contributed by atoms with Crippen LogP contribution in [0.25, 0.3) is 10.9 Å². The third-order valence-corrected chi connectivity index (χ3v) is 4.07. The van der Waals surface area contributed by atoms with Gasteiger partial charge in [0, 0.05) is 33.4 Å². The Bertz CT molecular complexity index is 826. The molecular weight excluding hydrogens is 464 g/mol. The first-order chi connectivity index (χ1) is 14.4. The minimum Gasteiger partial charge on any atom is -0.464 e. The predicted molar refractivity (Wildman–Crippen MR) is 115 cm³/mol. The number of nitrogens with zero attached hydrogens (tertiary/aromatic N) is 2. The molecule has 2 rings (SSSR count). The number of aliphatic hydroxyl groups excluding tert-OH is 1. The number of hydrogen-bond acceptors (Lipinski definition) is 10. The molecule has 1 heterocycles. The summed E-state index contributed by atoms with van der Waals surface area (Å²) < 4.78 is 15.3. The second-order valence-electron chi connectivity index (χ2n) is 5.17. The molecule has 0 spiro atoms. The van der Waals surface area contributed by atoms with E-state index in [0.717, 1.165) is 19.1 Å². The standard InChI is InChI=1S/C15H19BrN4O5.C2H4O.CH4O/c1-9(21)25-7-6-17-10-4-5-11-12(13(10)16)14(15(22)24-3)19-20(11)18-8-23-2;1-2-3;1-2/h4-5,17-18H,6-8H2,1-3H3;2H,1H3;2H,1H3. The maximum absolute atomic E-state index is 12.1. The number of carbonyl (C=O) groups is 3. The summed E-state index contributed by atoms with van der Waals surface area (Å²) in [6.07, 6.45) is 0.750. The van der Waals surface area contributed by atoms with Crippen LogP contribution in [0.2, 0.25) is 0 Å². The van der Waals surface area contributed by atoms with Gasteiger partial charge in [-0.3, -0.25) is 10.2 Å². The lowest BCUT2D eigenvalue weighted by atomic mass is 10.2. The van der Waals surface area contributed by atoms with Crippen LogP contribution < -0.4 is 10.7 Å². The number of aromatic nitrogens is 2. The lowest BCUT2D eigenvalue weighted by molar-refractivity contribution is -0.140. The smallest absolute Gasteiger partial charge is 0.359 e. The van der Waals surface area contributed by atoms with Crippen molar-refractivity contribution < 1.29 is 33.7 Å². The molecular formula is C18H27BrN4O7. The lowest BCUT2D eigenvalue weighted by Gasteiger charge is -2.10. The van der Waals surface area contributed by atoms with Gasteiger partial charge in [-0.2, -0.15) is 4.79 Å². The van der Waals surface area contributed by atoms with Gasteiger partial charge in [-0.25, -0.2) is 4.79 Å². The van der Waals surface area contributed by atoms with Gasteiger partial charge in [0.25, 0.3) is 0 Å². The van der Waals surface area contributed by atoms with Crippen molar-refractivity contribution >= 4 is 50.7 Å². The Hall–Kier alpha value is -2.70. The topological polar surface area (TPSA) is 141 Å². The number of ether oxygens (including phenoxy) is 3. The molecule has 2 aromatic rings. The summed E-state index contributed by atoms with van der Waals surface area (Å²) in [5, 5.41) is 15.0. The molecule has 1 aromatic carbocycles. The fourth-order valence-corrected chi connectivity index (χ4v) is 2.84. The Morgan fingerprint density at radius 2 is 1.93 bits per heavy atom. The van der Waals surface area contributed by atoms with Crippen LogP contribution >= 0.6 is 15.9 Å². The van der Waals surface area contributed by atoms with Gasteiger partial charge in [0.05, 0.1) is 22.5 Å². The van der Waals surface area contributed by atoms with Gasteiger partial charge in [0.15, 0.2) is 5.69 Å². The number of fused-ring (bicyclic) bond motifs is 1. The maximum Gasteiger partial charge on any atom is 0.359 e. The molecule has 0 saturated heterocycles. The number of carbonyl (C=O) groups excluding carboxylic acids is 3. The van der Waals surface area contributed by atoms with Gasteiger partial charge < -0.3 is 29.4 Å². The molecule has 168 valence electrons. The number of rotatable bonds is 8. The van der Waals surface area contributed by atoms with Crippen molar-refractivity contribution in [3.63, 3.8) is 0 Å². The van der Waals surface area contributed by atoms with E-state index >= 15 is 0 Å². The molecule has 0 aliphatic heterocycles. The summed E-state index contributed by atoms with van der Waals surface area (Å²) >= 11 is 3.50. The second-order valence-corrected chi connectivity index (χ2v) is 5.96. The number of anilines is 1. The first-order valence-electron chi connectivity index (χ1n) is 8.65. The quantitative estimate of drug-likeness (QED) is 0.215. The third-order valence-electron chi connectivity index (χ3n) is 3.25. The van der Waals surface area contributed by atoms with E-state index in [-0.39, 0.29) is 25.0 Å². The number of nitrogens with one attached hydrogen (secondary N) is 2. The Morgan fingerprint density at radius 3 is 2.47 bits per heavy atom. The molecule has 0 saturated carbocycles. The van der Waals surface area contributed by atoms with E-state index in [1.54, 1.807) is 13.2 Å². The Kier molecular flexibility index (Phi) is 13.8. The minimum absolute atomic E-state index is 0.164. The zero-order valence-corrected chi connectivity index (χ0v) is 19.1. The van der Waals surface area contributed by atoms with Gasteiger partial charge in [0.2, 0.25) is 0 Å². The van der Waals surface area contributed by atoms with E-state index in [1.807, 2.05) is 6.07 Å². The molecule has 30 heavy (non-hydrogen) atoms. The molecule has 0 aliphatic rings. The highest BCUT2D eigenvalue weighted by Gasteiger charge is 2.22. The predicted octanol–water partition coefficient (Wildman–Crippen LogP) is 1.52. The Morgan fingerprint density at radius 1 is 1.30 bits per heavy atom. The average molecular weight is 491 g/mol. The monoisotopic (exact) mass is 490 g/mol. The van der Waals surface area contributed by atoms with Crippen LogP contribution in [-0.2, 0) is 23.8 Å². The Labute approximate surface area is 182 Å². The first-order valence-corrected chi connectivity index (χ1v) is 9.44. The molecule has 12 heteroatoms. The molecule has 3 N–H and O–H groups in total. The molecule has 0 fully saturated rings. The number of halogens is 1. The van der Waals surface area contributed by atoms with Crippen LogP contribution in [0.15, 0.2) is 16.6 Å². The molecule has 0 bridgehead atoms.